The highest BCUT2D eigenvalue weighted by atomic mass is 79.9. The Hall–Kier alpha value is -2.00. The summed E-state index contributed by atoms with van der Waals surface area (Å²) in [6.07, 6.45) is 1.19. The van der Waals surface area contributed by atoms with Crippen LogP contribution in [0, 0.1) is 11.6 Å². The molecule has 2 aromatic carbocycles. The van der Waals surface area contributed by atoms with E-state index in [0.29, 0.717) is 24.7 Å². The van der Waals surface area contributed by atoms with Gasteiger partial charge >= 0.3 is 0 Å². The van der Waals surface area contributed by atoms with E-state index < -0.39 is 26.6 Å². The molecule has 1 aliphatic heterocycles. The third kappa shape index (κ3) is 3.67. The van der Waals surface area contributed by atoms with Gasteiger partial charge in [-0.25, -0.2) is 17.2 Å². The smallest absolute Gasteiger partial charge is 0.265 e. The van der Waals surface area contributed by atoms with Gasteiger partial charge < -0.3 is 4.90 Å². The van der Waals surface area contributed by atoms with Gasteiger partial charge in [0.15, 0.2) is 0 Å². The number of benzene rings is 2. The summed E-state index contributed by atoms with van der Waals surface area (Å²) < 4.78 is 54.1. The van der Waals surface area contributed by atoms with E-state index >= 15 is 0 Å². The Morgan fingerprint density at radius 2 is 1.92 bits per heavy atom. The van der Waals surface area contributed by atoms with Gasteiger partial charge in [-0.2, -0.15) is 0 Å². The van der Waals surface area contributed by atoms with Crippen molar-refractivity contribution >= 4 is 43.2 Å². The Balaban J connectivity index is 1.93. The number of halogens is 3. The standard InChI is InChI=1S/C16H13BrF2N2O3S/c17-13-7-10(18)8-14(19)16(13)25(23,24)20-11-3-1-4-12(9-11)21-6-2-5-15(21)22/h1,3-4,7-9,20H,2,5-6H2. The van der Waals surface area contributed by atoms with Gasteiger partial charge in [-0.05, 0) is 46.6 Å². The zero-order valence-electron chi connectivity index (χ0n) is 12.8. The van der Waals surface area contributed by atoms with E-state index in [0.717, 1.165) is 12.5 Å². The molecule has 2 aromatic rings. The summed E-state index contributed by atoms with van der Waals surface area (Å²) in [6, 6.07) is 7.63. The van der Waals surface area contributed by atoms with Crippen molar-refractivity contribution in [3.63, 3.8) is 0 Å². The number of carbonyl (C=O) groups excluding carboxylic acids is 1. The second-order valence-corrected chi connectivity index (χ2v) is 7.98. The molecule has 1 saturated heterocycles. The van der Waals surface area contributed by atoms with Crippen molar-refractivity contribution in [1.82, 2.24) is 0 Å². The number of hydrogen-bond acceptors (Lipinski definition) is 3. The normalized spacial score (nSPS) is 14.8. The van der Waals surface area contributed by atoms with Crippen molar-refractivity contribution in [2.45, 2.75) is 17.7 Å². The molecule has 0 spiro atoms. The Kier molecular flexibility index (Phi) is 4.79. The van der Waals surface area contributed by atoms with E-state index in [2.05, 4.69) is 20.7 Å². The molecule has 1 amide bonds. The van der Waals surface area contributed by atoms with Crippen molar-refractivity contribution in [2.75, 3.05) is 16.2 Å². The summed E-state index contributed by atoms with van der Waals surface area (Å²) in [4.78, 5) is 12.7. The van der Waals surface area contributed by atoms with Crippen LogP contribution in [0.3, 0.4) is 0 Å². The van der Waals surface area contributed by atoms with E-state index in [1.807, 2.05) is 0 Å². The van der Waals surface area contributed by atoms with Crippen LogP contribution in [0.4, 0.5) is 20.2 Å². The lowest BCUT2D eigenvalue weighted by molar-refractivity contribution is -0.117. The summed E-state index contributed by atoms with van der Waals surface area (Å²) in [5, 5.41) is 0. The molecule has 1 fully saturated rings. The van der Waals surface area contributed by atoms with E-state index in [1.54, 1.807) is 17.0 Å². The number of rotatable bonds is 4. The molecular formula is C16H13BrF2N2O3S. The average molecular weight is 431 g/mol. The maximum absolute atomic E-state index is 13.9. The first kappa shape index (κ1) is 17.8. The van der Waals surface area contributed by atoms with Gasteiger partial charge in [-0.3, -0.25) is 9.52 Å². The highest BCUT2D eigenvalue weighted by Crippen LogP contribution is 2.30. The first-order valence-electron chi connectivity index (χ1n) is 7.36. The highest BCUT2D eigenvalue weighted by molar-refractivity contribution is 9.10. The van der Waals surface area contributed by atoms with Crippen LogP contribution < -0.4 is 9.62 Å². The van der Waals surface area contributed by atoms with Gasteiger partial charge in [-0.1, -0.05) is 6.07 Å². The molecule has 0 atom stereocenters. The van der Waals surface area contributed by atoms with E-state index in [9.17, 15) is 22.0 Å². The van der Waals surface area contributed by atoms with E-state index in [1.165, 1.54) is 12.1 Å². The molecule has 0 aliphatic carbocycles. The van der Waals surface area contributed by atoms with Crippen molar-refractivity contribution in [2.24, 2.45) is 0 Å². The molecule has 0 radical (unpaired) electrons. The fraction of sp³-hybridized carbons (Fsp3) is 0.188. The molecule has 0 unspecified atom stereocenters. The molecule has 132 valence electrons. The largest absolute Gasteiger partial charge is 0.312 e. The summed E-state index contributed by atoms with van der Waals surface area (Å²) in [6.45, 7) is 0.563. The number of nitrogens with one attached hydrogen (secondary N) is 1. The number of hydrogen-bond donors (Lipinski definition) is 1. The Labute approximate surface area is 151 Å². The van der Waals surface area contributed by atoms with Crippen LogP contribution in [0.5, 0.6) is 0 Å². The van der Waals surface area contributed by atoms with Gasteiger partial charge in [-0.15, -0.1) is 0 Å². The predicted molar refractivity (Wildman–Crippen MR) is 92.9 cm³/mol. The van der Waals surface area contributed by atoms with E-state index in [4.69, 9.17) is 0 Å². The van der Waals surface area contributed by atoms with Crippen LogP contribution in [0.2, 0.25) is 0 Å². The second kappa shape index (κ2) is 6.72. The Bertz CT molecular complexity index is 927. The lowest BCUT2D eigenvalue weighted by Gasteiger charge is -2.17. The molecule has 3 rings (SSSR count). The third-order valence-corrected chi connectivity index (χ3v) is 6.06. The van der Waals surface area contributed by atoms with Gasteiger partial charge in [0.25, 0.3) is 10.0 Å². The fourth-order valence-corrected chi connectivity index (χ4v) is 4.87. The predicted octanol–water partition coefficient (Wildman–Crippen LogP) is 3.65. The molecule has 1 N–H and O–H groups in total. The zero-order valence-corrected chi connectivity index (χ0v) is 15.2. The van der Waals surface area contributed by atoms with Crippen molar-refractivity contribution in [3.05, 3.63) is 52.5 Å². The van der Waals surface area contributed by atoms with Crippen LogP contribution in [0.15, 0.2) is 45.8 Å². The quantitative estimate of drug-likeness (QED) is 0.804. The van der Waals surface area contributed by atoms with Gasteiger partial charge in [0.1, 0.15) is 16.5 Å². The van der Waals surface area contributed by atoms with Crippen LogP contribution in [0.1, 0.15) is 12.8 Å². The number of amides is 1. The molecule has 1 heterocycles. The first-order chi connectivity index (χ1) is 11.8. The number of sulfonamides is 1. The summed E-state index contributed by atoms with van der Waals surface area (Å²) in [5.74, 6) is -2.13. The van der Waals surface area contributed by atoms with Crippen molar-refractivity contribution in [3.8, 4) is 0 Å². The summed E-state index contributed by atoms with van der Waals surface area (Å²) >= 11 is 2.87. The number of nitrogens with zero attached hydrogens (tertiary/aromatic N) is 1. The maximum atomic E-state index is 13.9. The fourth-order valence-electron chi connectivity index (χ4n) is 2.65. The first-order valence-corrected chi connectivity index (χ1v) is 9.63. The van der Waals surface area contributed by atoms with Gasteiger partial charge in [0.05, 0.1) is 5.69 Å². The zero-order chi connectivity index (χ0) is 18.2. The lowest BCUT2D eigenvalue weighted by atomic mass is 10.2. The minimum atomic E-state index is -4.29. The van der Waals surface area contributed by atoms with Gasteiger partial charge in [0, 0.05) is 29.2 Å². The van der Waals surface area contributed by atoms with Crippen LogP contribution >= 0.6 is 15.9 Å². The summed E-state index contributed by atoms with van der Waals surface area (Å²) in [5.41, 5.74) is 0.731. The van der Waals surface area contributed by atoms with Crippen molar-refractivity contribution < 1.29 is 22.0 Å². The molecule has 0 bridgehead atoms. The van der Waals surface area contributed by atoms with Crippen LogP contribution in [-0.2, 0) is 14.8 Å². The number of carbonyl (C=O) groups is 1. The molecular weight excluding hydrogens is 418 g/mol. The minimum absolute atomic E-state index is 0.0349. The second-order valence-electron chi connectivity index (χ2n) is 5.50. The number of anilines is 2. The summed E-state index contributed by atoms with van der Waals surface area (Å²) in [7, 11) is -4.29. The maximum Gasteiger partial charge on any atom is 0.265 e. The molecule has 25 heavy (non-hydrogen) atoms. The Morgan fingerprint density at radius 1 is 1.16 bits per heavy atom. The third-order valence-electron chi connectivity index (χ3n) is 3.72. The SMILES string of the molecule is O=C1CCCN1c1cccc(NS(=O)(=O)c2c(F)cc(F)cc2Br)c1. The average Bonchev–Trinajstić information content (AvgIpc) is 2.91. The molecule has 5 nitrogen and oxygen atoms in total. The highest BCUT2D eigenvalue weighted by Gasteiger charge is 2.25. The minimum Gasteiger partial charge on any atom is -0.312 e. The van der Waals surface area contributed by atoms with Crippen LogP contribution in [0.25, 0.3) is 0 Å². The molecule has 0 saturated carbocycles. The van der Waals surface area contributed by atoms with Gasteiger partial charge in [0.2, 0.25) is 5.91 Å². The molecule has 0 aromatic heterocycles. The topological polar surface area (TPSA) is 66.5 Å². The monoisotopic (exact) mass is 430 g/mol. The molecule has 1 aliphatic rings. The molecule has 9 heteroatoms. The van der Waals surface area contributed by atoms with Crippen LogP contribution in [-0.4, -0.2) is 20.9 Å². The van der Waals surface area contributed by atoms with Crippen molar-refractivity contribution in [1.29, 1.82) is 0 Å². The lowest BCUT2D eigenvalue weighted by Crippen LogP contribution is -2.23. The van der Waals surface area contributed by atoms with E-state index in [-0.39, 0.29) is 16.1 Å². The Morgan fingerprint density at radius 3 is 2.56 bits per heavy atom.